The van der Waals surface area contributed by atoms with Gasteiger partial charge >= 0.3 is 12.2 Å². The zero-order chi connectivity index (χ0) is 25.3. The van der Waals surface area contributed by atoms with Crippen LogP contribution in [0.3, 0.4) is 0 Å². The van der Waals surface area contributed by atoms with Crippen LogP contribution >= 0.6 is 54.5 Å². The van der Waals surface area contributed by atoms with Crippen LogP contribution in [-0.4, -0.2) is 35.5 Å². The first-order valence-electron chi connectivity index (χ1n) is 11.2. The molecule has 2 amide bonds. The second-order valence-corrected chi connectivity index (χ2v) is 15.5. The van der Waals surface area contributed by atoms with Crippen LogP contribution in [0.1, 0.15) is 76.0 Å². The van der Waals surface area contributed by atoms with E-state index in [4.69, 9.17) is 9.47 Å². The van der Waals surface area contributed by atoms with Crippen molar-refractivity contribution in [2.24, 2.45) is 0 Å². The summed E-state index contributed by atoms with van der Waals surface area (Å²) in [4.78, 5) is 25.7. The number of amides is 2. The molecule has 4 rings (SSSR count). The number of thiophene rings is 2. The Morgan fingerprint density at radius 1 is 0.765 bits per heavy atom. The molecule has 0 aromatic carbocycles. The highest BCUT2D eigenvalue weighted by Gasteiger charge is 2.42. The fraction of sp³-hybridized carbons (Fsp3) is 0.583. The summed E-state index contributed by atoms with van der Waals surface area (Å²) < 4.78 is 12.7. The summed E-state index contributed by atoms with van der Waals surface area (Å²) in [6.45, 7) is 11.2. The number of carbonyl (C=O) groups excluding carboxylic acids is 2. The number of alkyl carbamates (subject to hydrolysis) is 2. The highest BCUT2D eigenvalue weighted by molar-refractivity contribution is 9.11. The van der Waals surface area contributed by atoms with Gasteiger partial charge in [0.25, 0.3) is 0 Å². The van der Waals surface area contributed by atoms with E-state index in [1.165, 1.54) is 9.75 Å². The van der Waals surface area contributed by atoms with Gasteiger partial charge in [-0.2, -0.15) is 0 Å². The molecule has 2 fully saturated rings. The summed E-state index contributed by atoms with van der Waals surface area (Å²) in [6, 6.07) is 8.77. The highest BCUT2D eigenvalue weighted by atomic mass is 79.9. The number of halogens is 2. The molecule has 10 heteroatoms. The fourth-order valence-corrected chi connectivity index (χ4v) is 6.52. The first kappa shape index (κ1) is 27.5. The van der Waals surface area contributed by atoms with Crippen LogP contribution in [0.15, 0.2) is 31.8 Å². The molecule has 2 aromatic heterocycles. The molecule has 4 atom stereocenters. The Balaban J connectivity index is 0.000000191. The van der Waals surface area contributed by atoms with Crippen molar-refractivity contribution in [1.29, 1.82) is 0 Å². The van der Waals surface area contributed by atoms with E-state index in [1.54, 1.807) is 22.7 Å². The Labute approximate surface area is 226 Å². The summed E-state index contributed by atoms with van der Waals surface area (Å²) in [5, 5.41) is 5.80. The summed E-state index contributed by atoms with van der Waals surface area (Å²) >= 11 is 10.3. The summed E-state index contributed by atoms with van der Waals surface area (Å²) in [7, 11) is 0. The Hall–Kier alpha value is -1.10. The van der Waals surface area contributed by atoms with Crippen LogP contribution in [-0.2, 0) is 9.47 Å². The number of rotatable bonds is 4. The summed E-state index contributed by atoms with van der Waals surface area (Å²) in [5.74, 6) is 0.914. The number of carbonyl (C=O) groups is 2. The minimum absolute atomic E-state index is 0.232. The highest BCUT2D eigenvalue weighted by Crippen LogP contribution is 2.45. The largest absolute Gasteiger partial charge is 0.444 e. The third-order valence-corrected chi connectivity index (χ3v) is 8.42. The van der Waals surface area contributed by atoms with E-state index in [1.807, 2.05) is 53.7 Å². The standard InChI is InChI=1S/2C12H16BrNO2S/c2*1-12(2,3)16-11(15)14-8-6-7(8)9-4-5-10(13)17-9/h2*4-5,7-8H,6H2,1-3H3,(H,14,15)/t2*7-,8-/m10/s1. The van der Waals surface area contributed by atoms with Gasteiger partial charge in [0.2, 0.25) is 0 Å². The first-order chi connectivity index (χ1) is 15.7. The van der Waals surface area contributed by atoms with Gasteiger partial charge < -0.3 is 20.1 Å². The van der Waals surface area contributed by atoms with Gasteiger partial charge in [-0.25, -0.2) is 9.59 Å². The van der Waals surface area contributed by atoms with Crippen molar-refractivity contribution in [3.05, 3.63) is 41.6 Å². The van der Waals surface area contributed by atoms with Crippen LogP contribution < -0.4 is 10.6 Å². The van der Waals surface area contributed by atoms with E-state index in [0.29, 0.717) is 11.8 Å². The smallest absolute Gasteiger partial charge is 0.407 e. The van der Waals surface area contributed by atoms with E-state index < -0.39 is 11.2 Å². The molecule has 2 N–H and O–H groups in total. The molecule has 34 heavy (non-hydrogen) atoms. The fourth-order valence-electron chi connectivity index (χ4n) is 3.31. The predicted octanol–water partition coefficient (Wildman–Crippen LogP) is 7.78. The van der Waals surface area contributed by atoms with Gasteiger partial charge in [-0.1, -0.05) is 0 Å². The lowest BCUT2D eigenvalue weighted by Crippen LogP contribution is -2.34. The molecule has 0 spiro atoms. The Morgan fingerprint density at radius 2 is 1.12 bits per heavy atom. The molecular formula is C24H32Br2N2O4S2. The van der Waals surface area contributed by atoms with Crippen molar-refractivity contribution in [3.63, 3.8) is 0 Å². The van der Waals surface area contributed by atoms with Crippen LogP contribution in [0.5, 0.6) is 0 Å². The van der Waals surface area contributed by atoms with Crippen LogP contribution in [0.25, 0.3) is 0 Å². The van der Waals surface area contributed by atoms with Gasteiger partial charge in [-0.15, -0.1) is 22.7 Å². The number of hydrogen-bond acceptors (Lipinski definition) is 6. The van der Waals surface area contributed by atoms with E-state index in [9.17, 15) is 9.59 Å². The SMILES string of the molecule is CC(C)(C)OC(=O)N[C@@H]1C[C@H]1c1ccc(Br)s1.CC(C)(C)OC(=O)N[C@H]1C[C@@H]1c1ccc(Br)s1. The van der Waals surface area contributed by atoms with Gasteiger partial charge in [-0.05, 0) is 111 Å². The number of ether oxygens (including phenoxy) is 2. The van der Waals surface area contributed by atoms with Crippen LogP contribution in [0.4, 0.5) is 9.59 Å². The lowest BCUT2D eigenvalue weighted by atomic mass is 10.2. The lowest BCUT2D eigenvalue weighted by molar-refractivity contribution is 0.0511. The third-order valence-electron chi connectivity index (χ3n) is 4.90. The van der Waals surface area contributed by atoms with Crippen molar-refractivity contribution < 1.29 is 19.1 Å². The Kier molecular flexibility index (Phi) is 8.80. The monoisotopic (exact) mass is 634 g/mol. The van der Waals surface area contributed by atoms with Crippen LogP contribution in [0.2, 0.25) is 0 Å². The molecule has 0 bridgehead atoms. The van der Waals surface area contributed by atoms with Crippen molar-refractivity contribution in [2.75, 3.05) is 0 Å². The summed E-state index contributed by atoms with van der Waals surface area (Å²) in [6.07, 6.45) is 1.37. The molecule has 188 valence electrons. The van der Waals surface area contributed by atoms with Crippen molar-refractivity contribution >= 4 is 66.7 Å². The van der Waals surface area contributed by atoms with E-state index >= 15 is 0 Å². The Morgan fingerprint density at radius 3 is 1.38 bits per heavy atom. The topological polar surface area (TPSA) is 76.7 Å². The van der Waals surface area contributed by atoms with Crippen molar-refractivity contribution in [1.82, 2.24) is 10.6 Å². The average molecular weight is 636 g/mol. The maximum atomic E-state index is 11.6. The molecule has 2 aliphatic carbocycles. The van der Waals surface area contributed by atoms with E-state index in [-0.39, 0.29) is 24.3 Å². The van der Waals surface area contributed by atoms with E-state index in [0.717, 1.165) is 20.4 Å². The molecule has 0 saturated heterocycles. The maximum absolute atomic E-state index is 11.6. The normalized spacial score (nSPS) is 23.3. The molecule has 0 unspecified atom stereocenters. The van der Waals surface area contributed by atoms with Gasteiger partial charge in [-0.3, -0.25) is 0 Å². The molecule has 2 aliphatic rings. The van der Waals surface area contributed by atoms with Gasteiger partial charge in [0.15, 0.2) is 0 Å². The zero-order valence-corrected chi connectivity index (χ0v) is 25.0. The molecule has 2 heterocycles. The number of hydrogen-bond donors (Lipinski definition) is 2. The first-order valence-corrected chi connectivity index (χ1v) is 14.4. The predicted molar refractivity (Wildman–Crippen MR) is 145 cm³/mol. The van der Waals surface area contributed by atoms with Crippen LogP contribution in [0, 0.1) is 0 Å². The van der Waals surface area contributed by atoms with Gasteiger partial charge in [0, 0.05) is 33.7 Å². The second kappa shape index (κ2) is 10.9. The lowest BCUT2D eigenvalue weighted by Gasteiger charge is -2.19. The van der Waals surface area contributed by atoms with Gasteiger partial charge in [0.1, 0.15) is 11.2 Å². The maximum Gasteiger partial charge on any atom is 0.407 e. The second-order valence-electron chi connectivity index (χ2n) is 10.5. The van der Waals surface area contributed by atoms with Crippen molar-refractivity contribution in [3.8, 4) is 0 Å². The Bertz CT molecular complexity index is 929. The van der Waals surface area contributed by atoms with Crippen molar-refractivity contribution in [2.45, 2.75) is 89.5 Å². The minimum Gasteiger partial charge on any atom is -0.444 e. The molecule has 2 aromatic rings. The minimum atomic E-state index is -0.430. The molecule has 2 saturated carbocycles. The molecule has 6 nitrogen and oxygen atoms in total. The van der Waals surface area contributed by atoms with Gasteiger partial charge in [0.05, 0.1) is 7.57 Å². The summed E-state index contributed by atoms with van der Waals surface area (Å²) in [5.41, 5.74) is -0.860. The third kappa shape index (κ3) is 9.17. The molecule has 0 aliphatic heterocycles. The number of nitrogens with one attached hydrogen (secondary N) is 2. The molecule has 0 radical (unpaired) electrons. The quantitative estimate of drug-likeness (QED) is 0.360. The average Bonchev–Trinajstić information content (AvgIpc) is 3.49. The van der Waals surface area contributed by atoms with E-state index in [2.05, 4.69) is 54.6 Å². The zero-order valence-electron chi connectivity index (χ0n) is 20.2. The molecular weight excluding hydrogens is 604 g/mol.